The van der Waals surface area contributed by atoms with Gasteiger partial charge in [-0.25, -0.2) is 0 Å². The summed E-state index contributed by atoms with van der Waals surface area (Å²) in [6.07, 6.45) is 5.34. The first-order valence-corrected chi connectivity index (χ1v) is 8.87. The van der Waals surface area contributed by atoms with Gasteiger partial charge in [-0.1, -0.05) is 48.3 Å². The van der Waals surface area contributed by atoms with Gasteiger partial charge < -0.3 is 9.42 Å². The van der Waals surface area contributed by atoms with E-state index in [-0.39, 0.29) is 5.91 Å². The second kappa shape index (κ2) is 6.77. The molecule has 0 spiro atoms. The minimum absolute atomic E-state index is 0.0213. The van der Waals surface area contributed by atoms with E-state index in [9.17, 15) is 4.79 Å². The molecule has 0 atom stereocenters. The topological polar surface area (TPSA) is 49.6 Å². The first kappa shape index (κ1) is 15.4. The molecule has 2 heterocycles. The summed E-state index contributed by atoms with van der Waals surface area (Å²) < 4.78 is 5.36. The predicted octanol–water partition coefficient (Wildman–Crippen LogP) is 3.04. The van der Waals surface area contributed by atoms with Crippen molar-refractivity contribution in [2.24, 2.45) is 0 Å². The molecule has 4 rings (SSSR count). The molecule has 1 amide bonds. The zero-order valence-electron chi connectivity index (χ0n) is 13.9. The van der Waals surface area contributed by atoms with Crippen molar-refractivity contribution in [3.63, 3.8) is 0 Å². The Bertz CT molecular complexity index is 684. The Morgan fingerprint density at radius 2 is 1.75 bits per heavy atom. The Morgan fingerprint density at radius 1 is 1.04 bits per heavy atom. The van der Waals surface area contributed by atoms with Gasteiger partial charge in [0, 0.05) is 43.9 Å². The summed E-state index contributed by atoms with van der Waals surface area (Å²) in [6, 6.07) is 12.2. The van der Waals surface area contributed by atoms with Crippen molar-refractivity contribution in [3.05, 3.63) is 42.1 Å². The van der Waals surface area contributed by atoms with Crippen LogP contribution in [0.4, 0.5) is 0 Å². The number of aromatic nitrogens is 1. The zero-order chi connectivity index (χ0) is 16.4. The number of amides is 1. The van der Waals surface area contributed by atoms with E-state index in [2.05, 4.69) is 10.1 Å². The van der Waals surface area contributed by atoms with Crippen LogP contribution in [0.3, 0.4) is 0 Å². The van der Waals surface area contributed by atoms with Crippen LogP contribution in [0.15, 0.2) is 40.9 Å². The Labute approximate surface area is 142 Å². The highest BCUT2D eigenvalue weighted by Crippen LogP contribution is 2.25. The lowest BCUT2D eigenvalue weighted by atomic mass is 10.1. The average Bonchev–Trinajstić information content (AvgIpc) is 3.34. The molecule has 1 saturated carbocycles. The number of hydrogen-bond donors (Lipinski definition) is 0. The van der Waals surface area contributed by atoms with Crippen molar-refractivity contribution in [1.29, 1.82) is 0 Å². The average molecular weight is 325 g/mol. The van der Waals surface area contributed by atoms with Gasteiger partial charge in [-0.2, -0.15) is 0 Å². The largest absolute Gasteiger partial charge is 0.355 e. The summed E-state index contributed by atoms with van der Waals surface area (Å²) in [6.45, 7) is 3.51. The Hall–Kier alpha value is -2.14. The van der Waals surface area contributed by atoms with Crippen LogP contribution in [0.25, 0.3) is 11.3 Å². The SMILES string of the molecule is O=C(c1cc(-c2ccccc2)on1)N1CCN(C2CCCC2)CC1. The quantitative estimate of drug-likeness (QED) is 0.870. The third-order valence-electron chi connectivity index (χ3n) is 5.23. The molecular weight excluding hydrogens is 302 g/mol. The predicted molar refractivity (Wildman–Crippen MR) is 91.7 cm³/mol. The van der Waals surface area contributed by atoms with E-state index in [1.165, 1.54) is 25.7 Å². The summed E-state index contributed by atoms with van der Waals surface area (Å²) in [5, 5.41) is 3.98. The smallest absolute Gasteiger partial charge is 0.276 e. The van der Waals surface area contributed by atoms with E-state index < -0.39 is 0 Å². The molecule has 24 heavy (non-hydrogen) atoms. The molecule has 0 N–H and O–H groups in total. The van der Waals surface area contributed by atoms with Crippen molar-refractivity contribution < 1.29 is 9.32 Å². The van der Waals surface area contributed by atoms with Crippen LogP contribution in [0.2, 0.25) is 0 Å². The van der Waals surface area contributed by atoms with Gasteiger partial charge in [-0.05, 0) is 12.8 Å². The second-order valence-corrected chi connectivity index (χ2v) is 6.71. The van der Waals surface area contributed by atoms with Crippen molar-refractivity contribution in [2.75, 3.05) is 26.2 Å². The highest BCUT2D eigenvalue weighted by Gasteiger charge is 2.29. The maximum Gasteiger partial charge on any atom is 0.276 e. The molecule has 2 fully saturated rings. The number of hydrogen-bond acceptors (Lipinski definition) is 4. The minimum Gasteiger partial charge on any atom is -0.355 e. The first-order valence-electron chi connectivity index (χ1n) is 8.87. The van der Waals surface area contributed by atoms with Crippen LogP contribution in [0.5, 0.6) is 0 Å². The summed E-state index contributed by atoms with van der Waals surface area (Å²) in [5.41, 5.74) is 1.35. The van der Waals surface area contributed by atoms with Crippen LogP contribution >= 0.6 is 0 Å². The lowest BCUT2D eigenvalue weighted by Crippen LogP contribution is -2.51. The zero-order valence-corrected chi connectivity index (χ0v) is 13.9. The van der Waals surface area contributed by atoms with E-state index in [1.54, 1.807) is 6.07 Å². The monoisotopic (exact) mass is 325 g/mol. The van der Waals surface area contributed by atoms with E-state index in [4.69, 9.17) is 4.52 Å². The van der Waals surface area contributed by atoms with Gasteiger partial charge in [0.05, 0.1) is 0 Å². The molecule has 0 bridgehead atoms. The molecule has 1 saturated heterocycles. The number of piperazine rings is 1. The number of carbonyl (C=O) groups is 1. The molecule has 5 nitrogen and oxygen atoms in total. The van der Waals surface area contributed by atoms with Crippen LogP contribution in [-0.2, 0) is 0 Å². The molecular formula is C19H23N3O2. The fourth-order valence-electron chi connectivity index (χ4n) is 3.84. The van der Waals surface area contributed by atoms with Gasteiger partial charge in [0.2, 0.25) is 0 Å². The third kappa shape index (κ3) is 3.08. The number of carbonyl (C=O) groups excluding carboxylic acids is 1. The van der Waals surface area contributed by atoms with Gasteiger partial charge >= 0.3 is 0 Å². The first-order chi connectivity index (χ1) is 11.8. The fraction of sp³-hybridized carbons (Fsp3) is 0.474. The van der Waals surface area contributed by atoms with Crippen molar-refractivity contribution in [3.8, 4) is 11.3 Å². The Kier molecular flexibility index (Phi) is 4.34. The molecule has 2 aliphatic rings. The lowest BCUT2D eigenvalue weighted by molar-refractivity contribution is 0.0564. The standard InChI is InChI=1S/C19H23N3O2/c23-19(17-14-18(24-20-17)15-6-2-1-3-7-15)22-12-10-21(11-13-22)16-8-4-5-9-16/h1-3,6-7,14,16H,4-5,8-13H2. The van der Waals surface area contributed by atoms with Gasteiger partial charge in [0.15, 0.2) is 11.5 Å². The van der Waals surface area contributed by atoms with Crippen LogP contribution in [0.1, 0.15) is 36.2 Å². The fourth-order valence-corrected chi connectivity index (χ4v) is 3.84. The summed E-state index contributed by atoms with van der Waals surface area (Å²) in [4.78, 5) is 17.1. The van der Waals surface area contributed by atoms with Crippen LogP contribution in [-0.4, -0.2) is 53.1 Å². The molecule has 1 aliphatic heterocycles. The summed E-state index contributed by atoms with van der Waals surface area (Å²) in [5.74, 6) is 0.621. The minimum atomic E-state index is -0.0213. The molecule has 0 unspecified atom stereocenters. The Morgan fingerprint density at radius 3 is 2.46 bits per heavy atom. The number of nitrogens with zero attached hydrogens (tertiary/aromatic N) is 3. The summed E-state index contributed by atoms with van der Waals surface area (Å²) >= 11 is 0. The molecule has 126 valence electrons. The maximum atomic E-state index is 12.7. The number of rotatable bonds is 3. The molecule has 2 aromatic rings. The third-order valence-corrected chi connectivity index (χ3v) is 5.23. The normalized spacial score (nSPS) is 19.8. The van der Waals surface area contributed by atoms with E-state index in [0.717, 1.165) is 37.8 Å². The van der Waals surface area contributed by atoms with Crippen LogP contribution < -0.4 is 0 Å². The van der Waals surface area contributed by atoms with Gasteiger partial charge in [0.25, 0.3) is 5.91 Å². The number of benzene rings is 1. The van der Waals surface area contributed by atoms with E-state index in [1.807, 2.05) is 35.2 Å². The molecule has 1 aliphatic carbocycles. The van der Waals surface area contributed by atoms with Crippen LogP contribution in [0, 0.1) is 0 Å². The lowest BCUT2D eigenvalue weighted by Gasteiger charge is -2.37. The highest BCUT2D eigenvalue weighted by molar-refractivity contribution is 5.93. The maximum absolute atomic E-state index is 12.7. The van der Waals surface area contributed by atoms with E-state index >= 15 is 0 Å². The van der Waals surface area contributed by atoms with Crippen molar-refractivity contribution in [1.82, 2.24) is 15.0 Å². The van der Waals surface area contributed by atoms with Gasteiger partial charge in [0.1, 0.15) is 0 Å². The van der Waals surface area contributed by atoms with Gasteiger partial charge in [-0.3, -0.25) is 9.69 Å². The molecule has 5 heteroatoms. The van der Waals surface area contributed by atoms with Crippen molar-refractivity contribution in [2.45, 2.75) is 31.7 Å². The highest BCUT2D eigenvalue weighted by atomic mass is 16.5. The Balaban J connectivity index is 1.39. The second-order valence-electron chi connectivity index (χ2n) is 6.71. The van der Waals surface area contributed by atoms with Gasteiger partial charge in [-0.15, -0.1) is 0 Å². The van der Waals surface area contributed by atoms with E-state index in [0.29, 0.717) is 11.5 Å². The molecule has 0 radical (unpaired) electrons. The molecule has 1 aromatic carbocycles. The summed E-state index contributed by atoms with van der Waals surface area (Å²) in [7, 11) is 0. The molecule has 1 aromatic heterocycles. The van der Waals surface area contributed by atoms with Crippen molar-refractivity contribution >= 4 is 5.91 Å².